The lowest BCUT2D eigenvalue weighted by Gasteiger charge is -2.07. The maximum absolute atomic E-state index is 11.1. The van der Waals surface area contributed by atoms with Crippen LogP contribution in [0.5, 0.6) is 0 Å². The van der Waals surface area contributed by atoms with Gasteiger partial charge in [-0.2, -0.15) is 0 Å². The van der Waals surface area contributed by atoms with E-state index in [4.69, 9.17) is 5.11 Å². The van der Waals surface area contributed by atoms with Crippen molar-refractivity contribution in [2.24, 2.45) is 0 Å². The Labute approximate surface area is 68.3 Å². The van der Waals surface area contributed by atoms with Gasteiger partial charge in [0.25, 0.3) is 0 Å². The molecule has 68 valence electrons. The van der Waals surface area contributed by atoms with Gasteiger partial charge in [0.1, 0.15) is 0 Å². The summed E-state index contributed by atoms with van der Waals surface area (Å²) in [5, 5.41) is 9.02. The Morgan fingerprint density at radius 3 is 2.27 bits per heavy atom. The van der Waals surface area contributed by atoms with E-state index >= 15 is 0 Å². The third kappa shape index (κ3) is 3.72. The van der Waals surface area contributed by atoms with Crippen LogP contribution in [-0.2, 0) is 9.84 Å². The van der Waals surface area contributed by atoms with Crippen molar-refractivity contribution in [2.45, 2.75) is 38.5 Å². The average molecular weight is 180 g/mol. The Hall–Kier alpha value is -0.0900. The zero-order valence-electron chi connectivity index (χ0n) is 7.08. The summed E-state index contributed by atoms with van der Waals surface area (Å²) in [5.74, 6) is 0.110. The van der Waals surface area contributed by atoms with E-state index in [0.717, 1.165) is 6.42 Å². The van der Waals surface area contributed by atoms with Crippen LogP contribution >= 0.6 is 0 Å². The molecular weight excluding hydrogens is 164 g/mol. The van der Waals surface area contributed by atoms with Crippen LogP contribution in [0.25, 0.3) is 0 Å². The van der Waals surface area contributed by atoms with E-state index in [1.165, 1.54) is 0 Å². The van der Waals surface area contributed by atoms with Crippen molar-refractivity contribution in [3.05, 3.63) is 0 Å². The zero-order chi connectivity index (χ0) is 8.91. The normalized spacial score (nSPS) is 14.8. The lowest BCUT2D eigenvalue weighted by molar-refractivity contribution is 0.244. The maximum atomic E-state index is 11.1. The summed E-state index contributed by atoms with van der Waals surface area (Å²) in [6, 6.07) is 0. The van der Waals surface area contributed by atoms with E-state index in [1.54, 1.807) is 6.92 Å². The Morgan fingerprint density at radius 2 is 1.91 bits per heavy atom. The molecule has 1 N–H and O–H groups in total. The van der Waals surface area contributed by atoms with Crippen molar-refractivity contribution < 1.29 is 13.5 Å². The molecule has 1 atom stereocenters. The number of rotatable bonds is 5. The molecule has 1 unspecified atom stereocenters. The standard InChI is InChI=1S/C7H16O3S/c1-3-5-6-11(9,10)7(8)4-2/h7-8H,3-6H2,1-2H3. The molecule has 0 aliphatic rings. The van der Waals surface area contributed by atoms with Gasteiger partial charge in [-0.05, 0) is 12.8 Å². The fourth-order valence-corrected chi connectivity index (χ4v) is 2.21. The molecule has 4 heteroatoms. The van der Waals surface area contributed by atoms with Crippen LogP contribution in [0.2, 0.25) is 0 Å². The first-order chi connectivity index (χ1) is 5.04. The summed E-state index contributed by atoms with van der Waals surface area (Å²) in [5.41, 5.74) is -1.16. The highest BCUT2D eigenvalue weighted by molar-refractivity contribution is 7.91. The Morgan fingerprint density at radius 1 is 1.36 bits per heavy atom. The predicted molar refractivity (Wildman–Crippen MR) is 45.0 cm³/mol. The van der Waals surface area contributed by atoms with Crippen molar-refractivity contribution >= 4 is 9.84 Å². The summed E-state index contributed by atoms with van der Waals surface area (Å²) in [6.07, 6.45) is 1.76. The summed E-state index contributed by atoms with van der Waals surface area (Å²) >= 11 is 0. The molecule has 0 aliphatic carbocycles. The van der Waals surface area contributed by atoms with Gasteiger partial charge in [0.05, 0.1) is 5.75 Å². The summed E-state index contributed by atoms with van der Waals surface area (Å²) < 4.78 is 22.1. The average Bonchev–Trinajstić information content (AvgIpc) is 1.99. The summed E-state index contributed by atoms with van der Waals surface area (Å²) in [4.78, 5) is 0. The lowest BCUT2D eigenvalue weighted by Crippen LogP contribution is -2.22. The molecular formula is C7H16O3S. The predicted octanol–water partition coefficient (Wildman–Crippen LogP) is 0.930. The van der Waals surface area contributed by atoms with E-state index in [0.29, 0.717) is 6.42 Å². The number of unbranched alkanes of at least 4 members (excludes halogenated alkanes) is 1. The lowest BCUT2D eigenvalue weighted by atomic mass is 10.4. The van der Waals surface area contributed by atoms with Crippen LogP contribution in [0.3, 0.4) is 0 Å². The molecule has 0 fully saturated rings. The highest BCUT2D eigenvalue weighted by atomic mass is 32.2. The third-order valence-corrected chi connectivity index (χ3v) is 3.57. The van der Waals surface area contributed by atoms with Crippen molar-refractivity contribution in [3.8, 4) is 0 Å². The molecule has 0 rings (SSSR count). The van der Waals surface area contributed by atoms with E-state index in [1.807, 2.05) is 6.92 Å². The van der Waals surface area contributed by atoms with Gasteiger partial charge in [-0.3, -0.25) is 0 Å². The maximum Gasteiger partial charge on any atom is 0.176 e. The first-order valence-corrected chi connectivity index (χ1v) is 5.65. The van der Waals surface area contributed by atoms with E-state index < -0.39 is 15.3 Å². The Kier molecular flexibility index (Phi) is 4.68. The fraction of sp³-hybridized carbons (Fsp3) is 1.00. The number of sulfone groups is 1. The van der Waals surface area contributed by atoms with Crippen molar-refractivity contribution in [1.29, 1.82) is 0 Å². The zero-order valence-corrected chi connectivity index (χ0v) is 7.89. The summed E-state index contributed by atoms with van der Waals surface area (Å²) in [6.45, 7) is 3.59. The van der Waals surface area contributed by atoms with Gasteiger partial charge in [0.15, 0.2) is 15.3 Å². The van der Waals surface area contributed by atoms with Gasteiger partial charge in [-0.1, -0.05) is 20.3 Å². The first kappa shape index (κ1) is 10.9. The molecule has 0 saturated carbocycles. The minimum Gasteiger partial charge on any atom is -0.377 e. The highest BCUT2D eigenvalue weighted by Crippen LogP contribution is 2.05. The second-order valence-corrected chi connectivity index (χ2v) is 4.86. The number of aliphatic hydroxyl groups excluding tert-OH is 1. The van der Waals surface area contributed by atoms with Crippen LogP contribution in [0, 0.1) is 0 Å². The van der Waals surface area contributed by atoms with Crippen LogP contribution in [0.1, 0.15) is 33.1 Å². The molecule has 0 saturated heterocycles. The molecule has 0 aromatic rings. The van der Waals surface area contributed by atoms with Gasteiger partial charge in [-0.25, -0.2) is 8.42 Å². The largest absolute Gasteiger partial charge is 0.377 e. The van der Waals surface area contributed by atoms with Crippen molar-refractivity contribution in [3.63, 3.8) is 0 Å². The quantitative estimate of drug-likeness (QED) is 0.684. The molecule has 3 nitrogen and oxygen atoms in total. The van der Waals surface area contributed by atoms with E-state index in [-0.39, 0.29) is 12.2 Å². The molecule has 0 aromatic heterocycles. The Bertz CT molecular complexity index is 184. The van der Waals surface area contributed by atoms with E-state index in [9.17, 15) is 8.42 Å². The minimum atomic E-state index is -3.22. The summed E-state index contributed by atoms with van der Waals surface area (Å²) in [7, 11) is -3.22. The molecule has 0 radical (unpaired) electrons. The molecule has 0 heterocycles. The second kappa shape index (κ2) is 4.72. The smallest absolute Gasteiger partial charge is 0.176 e. The first-order valence-electron chi connectivity index (χ1n) is 3.94. The Balaban J connectivity index is 4.01. The van der Waals surface area contributed by atoms with E-state index in [2.05, 4.69) is 0 Å². The molecule has 0 aromatic carbocycles. The van der Waals surface area contributed by atoms with Crippen LogP contribution < -0.4 is 0 Å². The molecule has 0 amide bonds. The SMILES string of the molecule is CCCCS(=O)(=O)C(O)CC. The molecule has 11 heavy (non-hydrogen) atoms. The third-order valence-electron chi connectivity index (χ3n) is 1.55. The fourth-order valence-electron chi connectivity index (χ4n) is 0.735. The molecule has 0 spiro atoms. The molecule has 0 bridgehead atoms. The van der Waals surface area contributed by atoms with Gasteiger partial charge >= 0.3 is 0 Å². The number of hydrogen-bond acceptors (Lipinski definition) is 3. The minimum absolute atomic E-state index is 0.110. The number of aliphatic hydroxyl groups is 1. The van der Waals surface area contributed by atoms with Crippen LogP contribution in [0.4, 0.5) is 0 Å². The van der Waals surface area contributed by atoms with Crippen LogP contribution in [0.15, 0.2) is 0 Å². The second-order valence-electron chi connectivity index (χ2n) is 2.58. The highest BCUT2D eigenvalue weighted by Gasteiger charge is 2.19. The number of hydrogen-bond donors (Lipinski definition) is 1. The monoisotopic (exact) mass is 180 g/mol. The van der Waals surface area contributed by atoms with Gasteiger partial charge in [0.2, 0.25) is 0 Å². The van der Waals surface area contributed by atoms with Gasteiger partial charge in [-0.15, -0.1) is 0 Å². The van der Waals surface area contributed by atoms with Gasteiger partial charge in [0, 0.05) is 0 Å². The topological polar surface area (TPSA) is 54.4 Å². The van der Waals surface area contributed by atoms with Gasteiger partial charge < -0.3 is 5.11 Å². The van der Waals surface area contributed by atoms with Crippen molar-refractivity contribution in [2.75, 3.05) is 5.75 Å². The van der Waals surface area contributed by atoms with Crippen LogP contribution in [-0.4, -0.2) is 24.7 Å². The molecule has 0 aliphatic heterocycles. The van der Waals surface area contributed by atoms with Crippen molar-refractivity contribution in [1.82, 2.24) is 0 Å².